The summed E-state index contributed by atoms with van der Waals surface area (Å²) in [5.41, 5.74) is 4.67. The van der Waals surface area contributed by atoms with Crippen LogP contribution in [0.3, 0.4) is 0 Å². The predicted octanol–water partition coefficient (Wildman–Crippen LogP) is 4.64. The van der Waals surface area contributed by atoms with Crippen LogP contribution in [0.15, 0.2) is 54.7 Å². The Morgan fingerprint density at radius 1 is 1.07 bits per heavy atom. The number of carbonyl (C=O) groups excluding carboxylic acids is 1. The van der Waals surface area contributed by atoms with Crippen molar-refractivity contribution in [2.75, 3.05) is 14.1 Å². The first-order valence-electron chi connectivity index (χ1n) is 9.69. The second-order valence-corrected chi connectivity index (χ2v) is 8.16. The van der Waals surface area contributed by atoms with Gasteiger partial charge in [0.25, 0.3) is 5.91 Å². The average molecular weight is 411 g/mol. The fourth-order valence-corrected chi connectivity index (χ4v) is 3.41. The van der Waals surface area contributed by atoms with Crippen molar-refractivity contribution in [2.45, 2.75) is 32.9 Å². The van der Waals surface area contributed by atoms with Crippen molar-refractivity contribution in [3.05, 3.63) is 82.1 Å². The smallest absolute Gasteiger partial charge is 0.255 e. The highest BCUT2D eigenvalue weighted by molar-refractivity contribution is 6.30. The fourth-order valence-electron chi connectivity index (χ4n) is 3.28. The zero-order valence-corrected chi connectivity index (χ0v) is 18.1. The van der Waals surface area contributed by atoms with Crippen LogP contribution in [0, 0.1) is 0 Å². The number of hydrogen-bond donors (Lipinski definition) is 1. The number of rotatable bonds is 7. The quantitative estimate of drug-likeness (QED) is 0.617. The van der Waals surface area contributed by atoms with Gasteiger partial charge in [-0.3, -0.25) is 4.79 Å². The van der Waals surface area contributed by atoms with Crippen LogP contribution in [0.2, 0.25) is 5.02 Å². The molecule has 2 aromatic carbocycles. The molecule has 1 heterocycles. The van der Waals surface area contributed by atoms with Crippen LogP contribution >= 0.6 is 11.6 Å². The van der Waals surface area contributed by atoms with Gasteiger partial charge in [-0.05, 0) is 55.4 Å². The number of nitrogens with zero attached hydrogens (tertiary/aromatic N) is 3. The summed E-state index contributed by atoms with van der Waals surface area (Å²) in [5, 5.41) is 8.15. The van der Waals surface area contributed by atoms with E-state index in [1.165, 1.54) is 5.56 Å². The summed E-state index contributed by atoms with van der Waals surface area (Å²) in [5.74, 6) is 0.0190. The summed E-state index contributed by atoms with van der Waals surface area (Å²) >= 11 is 5.99. The number of nitrogens with one attached hydrogen (secondary N) is 1. The molecule has 0 radical (unpaired) electrons. The Kier molecular flexibility index (Phi) is 6.72. The molecule has 3 aromatic rings. The maximum atomic E-state index is 12.9. The van der Waals surface area contributed by atoms with Crippen LogP contribution in [-0.4, -0.2) is 34.7 Å². The van der Waals surface area contributed by atoms with Crippen molar-refractivity contribution >= 4 is 17.5 Å². The molecule has 0 unspecified atom stereocenters. The van der Waals surface area contributed by atoms with Gasteiger partial charge in [0.05, 0.1) is 23.1 Å². The van der Waals surface area contributed by atoms with E-state index in [1.807, 2.05) is 43.0 Å². The molecule has 0 bridgehead atoms. The number of halogens is 1. The third-order valence-corrected chi connectivity index (χ3v) is 4.90. The van der Waals surface area contributed by atoms with E-state index < -0.39 is 0 Å². The molecular weight excluding hydrogens is 384 g/mol. The van der Waals surface area contributed by atoms with Crippen LogP contribution in [0.5, 0.6) is 0 Å². The molecule has 0 atom stereocenters. The highest BCUT2D eigenvalue weighted by Gasteiger charge is 2.20. The SMILES string of the molecule is CC(C)c1c(C(=O)NCc2ccc(CN(C)C)cc2)cnn1-c1ccc(Cl)cc1. The minimum absolute atomic E-state index is 0.119. The highest BCUT2D eigenvalue weighted by Crippen LogP contribution is 2.24. The molecule has 0 aliphatic carbocycles. The molecule has 29 heavy (non-hydrogen) atoms. The topological polar surface area (TPSA) is 50.2 Å². The van der Waals surface area contributed by atoms with Crippen molar-refractivity contribution < 1.29 is 4.79 Å². The molecule has 0 aliphatic rings. The Morgan fingerprint density at radius 2 is 1.69 bits per heavy atom. The summed E-state index contributed by atoms with van der Waals surface area (Å²) in [6.07, 6.45) is 1.64. The highest BCUT2D eigenvalue weighted by atomic mass is 35.5. The fraction of sp³-hybridized carbons (Fsp3) is 0.304. The van der Waals surface area contributed by atoms with E-state index in [2.05, 4.69) is 53.4 Å². The third kappa shape index (κ3) is 5.25. The van der Waals surface area contributed by atoms with Gasteiger partial charge < -0.3 is 10.2 Å². The molecule has 0 saturated carbocycles. The normalized spacial score (nSPS) is 11.3. The summed E-state index contributed by atoms with van der Waals surface area (Å²) in [6, 6.07) is 15.7. The third-order valence-electron chi connectivity index (χ3n) is 4.64. The van der Waals surface area contributed by atoms with Crippen LogP contribution in [0.25, 0.3) is 5.69 Å². The molecule has 3 rings (SSSR count). The van der Waals surface area contributed by atoms with Crippen molar-refractivity contribution in [1.82, 2.24) is 20.0 Å². The van der Waals surface area contributed by atoms with Gasteiger partial charge >= 0.3 is 0 Å². The van der Waals surface area contributed by atoms with E-state index >= 15 is 0 Å². The van der Waals surface area contributed by atoms with Crippen molar-refractivity contribution in [1.29, 1.82) is 0 Å². The molecule has 5 nitrogen and oxygen atoms in total. The summed E-state index contributed by atoms with van der Waals surface area (Å²) in [7, 11) is 4.09. The number of amides is 1. The van der Waals surface area contributed by atoms with Gasteiger partial charge in [-0.2, -0.15) is 5.10 Å². The first-order valence-corrected chi connectivity index (χ1v) is 10.1. The molecule has 0 saturated heterocycles. The van der Waals surface area contributed by atoms with Gasteiger partial charge in [-0.25, -0.2) is 4.68 Å². The van der Waals surface area contributed by atoms with E-state index in [1.54, 1.807) is 6.20 Å². The Morgan fingerprint density at radius 3 is 2.28 bits per heavy atom. The molecule has 0 spiro atoms. The van der Waals surface area contributed by atoms with Crippen molar-refractivity contribution in [2.24, 2.45) is 0 Å². The lowest BCUT2D eigenvalue weighted by Crippen LogP contribution is -2.24. The summed E-state index contributed by atoms with van der Waals surface area (Å²) < 4.78 is 1.81. The van der Waals surface area contributed by atoms with Crippen molar-refractivity contribution in [3.8, 4) is 5.69 Å². The molecular formula is C23H27ClN4O. The minimum Gasteiger partial charge on any atom is -0.348 e. The Bertz CT molecular complexity index is 960. The second-order valence-electron chi connectivity index (χ2n) is 7.72. The van der Waals surface area contributed by atoms with Gasteiger partial charge in [0.15, 0.2) is 0 Å². The van der Waals surface area contributed by atoms with E-state index in [9.17, 15) is 4.79 Å². The van der Waals surface area contributed by atoms with Crippen LogP contribution in [0.1, 0.15) is 46.9 Å². The minimum atomic E-state index is -0.119. The lowest BCUT2D eigenvalue weighted by molar-refractivity contribution is 0.0949. The molecule has 1 aromatic heterocycles. The number of benzene rings is 2. The lowest BCUT2D eigenvalue weighted by Gasteiger charge is -2.13. The van der Waals surface area contributed by atoms with Gasteiger partial charge in [0, 0.05) is 18.1 Å². The van der Waals surface area contributed by atoms with Crippen molar-refractivity contribution in [3.63, 3.8) is 0 Å². The lowest BCUT2D eigenvalue weighted by atomic mass is 10.0. The second kappa shape index (κ2) is 9.25. The summed E-state index contributed by atoms with van der Waals surface area (Å²) in [6.45, 7) is 5.49. The van der Waals surface area contributed by atoms with E-state index in [0.717, 1.165) is 23.5 Å². The van der Waals surface area contributed by atoms with Crippen LogP contribution in [-0.2, 0) is 13.1 Å². The molecule has 1 amide bonds. The van der Waals surface area contributed by atoms with Crippen LogP contribution < -0.4 is 5.32 Å². The molecule has 0 fully saturated rings. The van der Waals surface area contributed by atoms with Gasteiger partial charge in [-0.15, -0.1) is 0 Å². The first kappa shape index (κ1) is 21.1. The molecule has 6 heteroatoms. The van der Waals surface area contributed by atoms with E-state index in [-0.39, 0.29) is 11.8 Å². The number of hydrogen-bond acceptors (Lipinski definition) is 3. The van der Waals surface area contributed by atoms with Gasteiger partial charge in [0.1, 0.15) is 0 Å². The zero-order valence-electron chi connectivity index (χ0n) is 17.3. The Labute approximate surface area is 177 Å². The van der Waals surface area contributed by atoms with E-state index in [4.69, 9.17) is 11.6 Å². The largest absolute Gasteiger partial charge is 0.348 e. The first-order chi connectivity index (χ1) is 13.8. The molecule has 152 valence electrons. The monoisotopic (exact) mass is 410 g/mol. The Hall–Kier alpha value is -2.63. The Balaban J connectivity index is 1.74. The van der Waals surface area contributed by atoms with Gasteiger partial charge in [0.2, 0.25) is 0 Å². The molecule has 1 N–H and O–H groups in total. The maximum Gasteiger partial charge on any atom is 0.255 e. The standard InChI is InChI=1S/C23H27ClN4O/c1-16(2)22-21(14-26-28(22)20-11-9-19(24)10-12-20)23(29)25-13-17-5-7-18(8-6-17)15-27(3)4/h5-12,14,16H,13,15H2,1-4H3,(H,25,29). The summed E-state index contributed by atoms with van der Waals surface area (Å²) in [4.78, 5) is 15.0. The maximum absolute atomic E-state index is 12.9. The van der Waals surface area contributed by atoms with Crippen LogP contribution in [0.4, 0.5) is 0 Å². The number of carbonyl (C=O) groups is 1. The number of aromatic nitrogens is 2. The average Bonchev–Trinajstić information content (AvgIpc) is 3.13. The van der Waals surface area contributed by atoms with E-state index in [0.29, 0.717) is 17.1 Å². The van der Waals surface area contributed by atoms with Gasteiger partial charge in [-0.1, -0.05) is 49.7 Å². The zero-order chi connectivity index (χ0) is 21.0. The predicted molar refractivity (Wildman–Crippen MR) is 118 cm³/mol. The molecule has 0 aliphatic heterocycles.